The molecule has 43 heavy (non-hydrogen) atoms. The van der Waals surface area contributed by atoms with Gasteiger partial charge in [-0.2, -0.15) is 0 Å². The largest absolute Gasteiger partial charge is 0.465 e. The molecule has 2 aliphatic rings. The maximum Gasteiger partial charge on any atom is 0.338 e. The number of carbonyl (C=O) groups excluding carboxylic acids is 2. The van der Waals surface area contributed by atoms with E-state index in [9.17, 15) is 9.59 Å². The Balaban J connectivity index is 1.38. The Morgan fingerprint density at radius 1 is 0.953 bits per heavy atom. The number of nitrogens with zero attached hydrogens (tertiary/aromatic N) is 2. The van der Waals surface area contributed by atoms with E-state index < -0.39 is 18.0 Å². The fraction of sp³-hybridized carbons (Fsp3) is 0.382. The van der Waals surface area contributed by atoms with Crippen molar-refractivity contribution in [1.82, 2.24) is 10.2 Å². The third kappa shape index (κ3) is 8.40. The number of hydrogen-bond acceptors (Lipinski definition) is 9. The predicted molar refractivity (Wildman–Crippen MR) is 168 cm³/mol. The summed E-state index contributed by atoms with van der Waals surface area (Å²) in [6, 6.07) is 20.5. The quantitative estimate of drug-likeness (QED) is 0.203. The summed E-state index contributed by atoms with van der Waals surface area (Å²) in [6.07, 6.45) is 5.27. The van der Waals surface area contributed by atoms with Crippen molar-refractivity contribution in [2.45, 2.75) is 38.1 Å². The number of piperidine rings is 1. The molecule has 1 fully saturated rings. The van der Waals surface area contributed by atoms with Crippen molar-refractivity contribution in [2.24, 2.45) is 4.99 Å². The van der Waals surface area contributed by atoms with Crippen LogP contribution in [-0.4, -0.2) is 69.2 Å². The van der Waals surface area contributed by atoms with Crippen LogP contribution in [0.25, 0.3) is 0 Å². The van der Waals surface area contributed by atoms with Crippen molar-refractivity contribution in [3.63, 3.8) is 0 Å². The van der Waals surface area contributed by atoms with Gasteiger partial charge in [0.05, 0.1) is 48.6 Å². The number of amidine groups is 1. The maximum atomic E-state index is 13.8. The number of nitrogens with one attached hydrogen (secondary N) is 1. The minimum atomic E-state index is -0.632. The lowest BCUT2D eigenvalue weighted by molar-refractivity contribution is -0.139. The Morgan fingerprint density at radius 2 is 1.74 bits per heavy atom. The number of benzene rings is 2. The Hall–Kier alpha value is -3.79. The van der Waals surface area contributed by atoms with E-state index in [2.05, 4.69) is 22.3 Å². The van der Waals surface area contributed by atoms with Gasteiger partial charge in [-0.05, 0) is 73.5 Å². The molecule has 9 heteroatoms. The van der Waals surface area contributed by atoms with E-state index >= 15 is 0 Å². The zero-order valence-electron chi connectivity index (χ0n) is 24.6. The lowest BCUT2D eigenvalue weighted by atomic mass is 9.94. The van der Waals surface area contributed by atoms with Gasteiger partial charge in [0.1, 0.15) is 11.9 Å². The number of esters is 2. The Bertz CT molecular complexity index is 1400. The number of likely N-dealkylation sites (tertiary alicyclic amines) is 1. The van der Waals surface area contributed by atoms with Crippen LogP contribution in [0.1, 0.15) is 58.1 Å². The second-order valence-corrected chi connectivity index (χ2v) is 11.6. The summed E-state index contributed by atoms with van der Waals surface area (Å²) in [5.41, 5.74) is 3.47. The molecule has 0 radical (unpaired) electrons. The van der Waals surface area contributed by atoms with Crippen LogP contribution in [0.5, 0.6) is 0 Å². The highest BCUT2D eigenvalue weighted by molar-refractivity contribution is 7.12. The molecule has 8 nitrogen and oxygen atoms in total. The van der Waals surface area contributed by atoms with Gasteiger partial charge >= 0.3 is 11.9 Å². The third-order valence-electron chi connectivity index (χ3n) is 7.68. The molecule has 2 aliphatic heterocycles. The summed E-state index contributed by atoms with van der Waals surface area (Å²) in [5, 5.41) is 5.40. The SMILES string of the molecule is COC(=O)c1ccc(C2N=C(c3cccs3)NC(COCCN3CCCCC3)=C2C(=O)OCCCc2ccccc2)cc1. The molecule has 3 heterocycles. The molecule has 0 bridgehead atoms. The van der Waals surface area contributed by atoms with E-state index in [0.717, 1.165) is 36.5 Å². The number of hydrogen-bond donors (Lipinski definition) is 1. The fourth-order valence-electron chi connectivity index (χ4n) is 5.36. The first kappa shape index (κ1) is 30.7. The van der Waals surface area contributed by atoms with E-state index in [1.165, 1.54) is 31.9 Å². The van der Waals surface area contributed by atoms with Gasteiger partial charge in [-0.25, -0.2) is 9.59 Å². The second kappa shape index (κ2) is 15.6. The highest BCUT2D eigenvalue weighted by Crippen LogP contribution is 2.33. The van der Waals surface area contributed by atoms with Crippen molar-refractivity contribution in [1.29, 1.82) is 0 Å². The van der Waals surface area contributed by atoms with Crippen LogP contribution in [0, 0.1) is 0 Å². The molecular formula is C34H39N3O5S. The molecule has 1 N–H and O–H groups in total. The Kier molecular flexibility index (Phi) is 11.1. The van der Waals surface area contributed by atoms with Gasteiger partial charge in [0.15, 0.2) is 0 Å². The average molecular weight is 602 g/mol. The minimum absolute atomic E-state index is 0.226. The number of ether oxygens (including phenoxy) is 3. The third-order valence-corrected chi connectivity index (χ3v) is 8.56. The number of aryl methyl sites for hydroxylation is 1. The lowest BCUT2D eigenvalue weighted by Gasteiger charge is -2.28. The van der Waals surface area contributed by atoms with Crippen molar-refractivity contribution in [2.75, 3.05) is 46.6 Å². The van der Waals surface area contributed by atoms with Gasteiger partial charge in [-0.1, -0.05) is 55.0 Å². The summed E-state index contributed by atoms with van der Waals surface area (Å²) < 4.78 is 16.9. The van der Waals surface area contributed by atoms with Crippen LogP contribution in [0.15, 0.2) is 88.4 Å². The topological polar surface area (TPSA) is 89.5 Å². The second-order valence-electron chi connectivity index (χ2n) is 10.7. The minimum Gasteiger partial charge on any atom is -0.465 e. The Morgan fingerprint density at radius 3 is 2.47 bits per heavy atom. The maximum absolute atomic E-state index is 13.8. The van der Waals surface area contributed by atoms with Crippen LogP contribution in [-0.2, 0) is 25.4 Å². The molecule has 0 aliphatic carbocycles. The first-order chi connectivity index (χ1) is 21.1. The number of thiophene rings is 1. The van der Waals surface area contributed by atoms with E-state index in [1.807, 2.05) is 47.8 Å². The van der Waals surface area contributed by atoms with E-state index in [-0.39, 0.29) is 13.2 Å². The molecule has 0 spiro atoms. The van der Waals surface area contributed by atoms with Gasteiger partial charge in [-0.3, -0.25) is 4.99 Å². The predicted octanol–water partition coefficient (Wildman–Crippen LogP) is 5.56. The monoisotopic (exact) mass is 601 g/mol. The summed E-state index contributed by atoms with van der Waals surface area (Å²) in [4.78, 5) is 34.2. The van der Waals surface area contributed by atoms with Gasteiger partial charge in [0, 0.05) is 6.54 Å². The van der Waals surface area contributed by atoms with Gasteiger partial charge in [-0.15, -0.1) is 11.3 Å². The Labute approximate surface area is 257 Å². The average Bonchev–Trinajstić information content (AvgIpc) is 3.61. The molecule has 1 atom stereocenters. The van der Waals surface area contributed by atoms with Crippen molar-refractivity contribution in [3.05, 3.63) is 105 Å². The summed E-state index contributed by atoms with van der Waals surface area (Å²) >= 11 is 1.57. The molecular weight excluding hydrogens is 562 g/mol. The van der Waals surface area contributed by atoms with Crippen molar-refractivity contribution >= 4 is 29.1 Å². The van der Waals surface area contributed by atoms with E-state index in [0.29, 0.717) is 35.7 Å². The summed E-state index contributed by atoms with van der Waals surface area (Å²) in [7, 11) is 1.35. The van der Waals surface area contributed by atoms with Gasteiger partial charge in [0.25, 0.3) is 0 Å². The normalized spacial score (nSPS) is 17.2. The molecule has 1 saturated heterocycles. The molecule has 226 valence electrons. The van der Waals surface area contributed by atoms with Crippen LogP contribution in [0.2, 0.25) is 0 Å². The number of rotatable bonds is 13. The fourth-order valence-corrected chi connectivity index (χ4v) is 6.04. The zero-order chi connectivity index (χ0) is 29.9. The molecule has 1 unspecified atom stereocenters. The standard InChI is InChI=1S/C34H39N3O5S/c1-40-33(38)27-16-14-26(15-17-27)31-30(34(39)42-21-8-12-25-10-4-2-5-11-25)28(35-32(36-31)29-13-9-23-43-29)24-41-22-20-37-18-6-3-7-19-37/h2,4-5,9-11,13-17,23,31H,3,6-8,12,18-22,24H2,1H3,(H,35,36). The van der Waals surface area contributed by atoms with Crippen LogP contribution in [0.4, 0.5) is 0 Å². The summed E-state index contributed by atoms with van der Waals surface area (Å²) in [5.74, 6) is -0.172. The lowest BCUT2D eigenvalue weighted by Crippen LogP contribution is -2.36. The summed E-state index contributed by atoms with van der Waals surface area (Å²) in [6.45, 7) is 4.14. The molecule has 0 amide bonds. The highest BCUT2D eigenvalue weighted by Gasteiger charge is 2.33. The van der Waals surface area contributed by atoms with E-state index in [4.69, 9.17) is 19.2 Å². The van der Waals surface area contributed by atoms with Gasteiger partial charge < -0.3 is 24.4 Å². The van der Waals surface area contributed by atoms with Crippen LogP contribution >= 0.6 is 11.3 Å². The zero-order valence-corrected chi connectivity index (χ0v) is 25.4. The molecule has 3 aromatic rings. The van der Waals surface area contributed by atoms with E-state index in [1.54, 1.807) is 23.5 Å². The van der Waals surface area contributed by atoms with Crippen molar-refractivity contribution < 1.29 is 23.8 Å². The van der Waals surface area contributed by atoms with Crippen molar-refractivity contribution in [3.8, 4) is 0 Å². The molecule has 1 aromatic heterocycles. The molecule has 5 rings (SSSR count). The molecule has 0 saturated carbocycles. The van der Waals surface area contributed by atoms with Crippen LogP contribution < -0.4 is 5.32 Å². The molecule has 2 aromatic carbocycles. The van der Waals surface area contributed by atoms with Gasteiger partial charge in [0.2, 0.25) is 0 Å². The number of aliphatic imine (C=N–C) groups is 1. The van der Waals surface area contributed by atoms with Crippen LogP contribution in [0.3, 0.4) is 0 Å². The number of methoxy groups -OCH3 is 1. The number of carbonyl (C=O) groups is 2. The smallest absolute Gasteiger partial charge is 0.338 e. The first-order valence-corrected chi connectivity index (χ1v) is 15.8. The highest BCUT2D eigenvalue weighted by atomic mass is 32.1. The first-order valence-electron chi connectivity index (χ1n) is 14.9.